The van der Waals surface area contributed by atoms with Crippen LogP contribution in [0.4, 0.5) is 0 Å². The molecule has 3 aliphatic carbocycles. The van der Waals surface area contributed by atoms with Crippen molar-refractivity contribution in [3.63, 3.8) is 0 Å². The maximum Gasteiger partial charge on any atom is 0.338 e. The van der Waals surface area contributed by atoms with Gasteiger partial charge in [0.15, 0.2) is 29.4 Å². The summed E-state index contributed by atoms with van der Waals surface area (Å²) in [6.45, 7) is 8.40. The van der Waals surface area contributed by atoms with Crippen LogP contribution in [0.15, 0.2) is 102 Å². The van der Waals surface area contributed by atoms with E-state index in [1.165, 1.54) is 13.8 Å². The van der Waals surface area contributed by atoms with Gasteiger partial charge in [0.05, 0.1) is 29.8 Å². The van der Waals surface area contributed by atoms with Crippen LogP contribution in [0.2, 0.25) is 0 Å². The van der Waals surface area contributed by atoms with Crippen molar-refractivity contribution >= 4 is 35.4 Å². The van der Waals surface area contributed by atoms with Crippen molar-refractivity contribution in [3.8, 4) is 0 Å². The molecule has 4 N–H and O–H groups in total. The number of Topliss-reactive ketones (excluding diaryl/α,β-unsaturated/α-hetero) is 2. The molecule has 0 radical (unpaired) electrons. The predicted molar refractivity (Wildman–Crippen MR) is 221 cm³/mol. The Balaban J connectivity index is 1.39. The number of rotatable bonds is 11. The second kappa shape index (κ2) is 16.6. The van der Waals surface area contributed by atoms with Gasteiger partial charge in [0.25, 0.3) is 5.91 Å². The predicted octanol–water partition coefficient (Wildman–Crippen LogP) is 4.40. The molecule has 14 nitrogen and oxygen atoms in total. The lowest BCUT2D eigenvalue weighted by atomic mass is 9.42. The fourth-order valence-corrected chi connectivity index (χ4v) is 10.8. The first-order valence-corrected chi connectivity index (χ1v) is 20.8. The van der Waals surface area contributed by atoms with Crippen LogP contribution in [-0.2, 0) is 38.1 Å². The Hall–Kier alpha value is -5.54. The molecule has 7 rings (SSSR count). The zero-order chi connectivity index (χ0) is 44.9. The summed E-state index contributed by atoms with van der Waals surface area (Å²) >= 11 is 0. The maximum absolute atomic E-state index is 15.5. The standard InChI is InChI=1S/C48H53NO13/c1-26-34(61-44(57)39(54)38(30-18-12-8-13-19-30)49-43(56)31-20-14-9-15-21-31)24-48(58)32(22-33(52)29-16-10-7-11-17-29)41-46(6,35(53)23-36-47(41,25-59-36)62-28(3)51)42(55)40(60-27(2)50)37(26)45(48,4)5/h7-21,32,34-36,38-41,53-54,58H,22-25H2,1-6H3,(H,49,56)/t32-,34-,35-,36+,38-,39+,40+,41-,46+,47-,48+/m0/s1. The molecule has 4 aliphatic rings. The summed E-state index contributed by atoms with van der Waals surface area (Å²) in [7, 11) is 0. The summed E-state index contributed by atoms with van der Waals surface area (Å²) < 4.78 is 24.1. The zero-order valence-electron chi connectivity index (χ0n) is 35.5. The van der Waals surface area contributed by atoms with Crippen LogP contribution in [-0.4, -0.2) is 99.0 Å². The van der Waals surface area contributed by atoms with Gasteiger partial charge in [-0.3, -0.25) is 24.0 Å². The fraction of sp³-hybridized carbons (Fsp3) is 0.458. The third-order valence-electron chi connectivity index (χ3n) is 14.0. The summed E-state index contributed by atoms with van der Waals surface area (Å²) in [5.74, 6) is -7.22. The molecule has 0 unspecified atom stereocenters. The van der Waals surface area contributed by atoms with Crippen LogP contribution < -0.4 is 5.32 Å². The van der Waals surface area contributed by atoms with E-state index in [9.17, 15) is 39.3 Å². The maximum atomic E-state index is 15.5. The molecular formula is C48H53NO13. The Morgan fingerprint density at radius 2 is 1.44 bits per heavy atom. The van der Waals surface area contributed by atoms with Gasteiger partial charge in [0, 0.05) is 61.5 Å². The van der Waals surface area contributed by atoms with E-state index in [-0.39, 0.29) is 29.7 Å². The van der Waals surface area contributed by atoms with E-state index in [0.717, 1.165) is 6.92 Å². The molecule has 3 aromatic rings. The lowest BCUT2D eigenvalue weighted by molar-refractivity contribution is -0.339. The Morgan fingerprint density at radius 3 is 1.98 bits per heavy atom. The van der Waals surface area contributed by atoms with Gasteiger partial charge in [-0.2, -0.15) is 0 Å². The van der Waals surface area contributed by atoms with E-state index in [1.54, 1.807) is 112 Å². The van der Waals surface area contributed by atoms with Gasteiger partial charge >= 0.3 is 17.9 Å². The number of hydrogen-bond acceptors (Lipinski definition) is 13. The van der Waals surface area contributed by atoms with Crippen molar-refractivity contribution in [1.29, 1.82) is 0 Å². The number of fused-ring (bicyclic) bond motifs is 5. The van der Waals surface area contributed by atoms with Crippen molar-refractivity contribution in [2.75, 3.05) is 6.61 Å². The molecule has 1 amide bonds. The van der Waals surface area contributed by atoms with E-state index in [1.807, 2.05) is 0 Å². The first kappa shape index (κ1) is 44.5. The van der Waals surface area contributed by atoms with E-state index in [4.69, 9.17) is 18.9 Å². The molecule has 3 aromatic carbocycles. The first-order chi connectivity index (χ1) is 29.3. The summed E-state index contributed by atoms with van der Waals surface area (Å²) in [4.78, 5) is 83.8. The molecule has 2 bridgehead atoms. The third kappa shape index (κ3) is 7.36. The van der Waals surface area contributed by atoms with Crippen molar-refractivity contribution in [2.24, 2.45) is 22.7 Å². The zero-order valence-corrected chi connectivity index (χ0v) is 35.5. The Bertz CT molecular complexity index is 2280. The first-order valence-electron chi connectivity index (χ1n) is 20.8. The van der Waals surface area contributed by atoms with Crippen LogP contribution in [0.25, 0.3) is 0 Å². The third-order valence-corrected chi connectivity index (χ3v) is 14.0. The lowest BCUT2D eigenvalue weighted by Gasteiger charge is -2.68. The van der Waals surface area contributed by atoms with Crippen molar-refractivity contribution in [3.05, 3.63) is 119 Å². The molecule has 1 aliphatic heterocycles. The summed E-state index contributed by atoms with van der Waals surface area (Å²) in [6, 6.07) is 23.6. The normalized spacial score (nSPS) is 31.9. The lowest BCUT2D eigenvalue weighted by Crippen LogP contribution is -2.80. The molecule has 1 saturated heterocycles. The Labute approximate surface area is 359 Å². The average Bonchev–Trinajstić information content (AvgIpc) is 3.24. The highest BCUT2D eigenvalue weighted by Gasteiger charge is 2.77. The van der Waals surface area contributed by atoms with E-state index in [2.05, 4.69) is 5.32 Å². The monoisotopic (exact) mass is 851 g/mol. The molecule has 0 aromatic heterocycles. The number of aliphatic hydroxyl groups excluding tert-OH is 2. The van der Waals surface area contributed by atoms with Crippen LogP contribution in [0.1, 0.15) is 93.1 Å². The minimum absolute atomic E-state index is 0.0771. The minimum atomic E-state index is -2.17. The highest BCUT2D eigenvalue weighted by molar-refractivity contribution is 5.98. The smallest absolute Gasteiger partial charge is 0.338 e. The van der Waals surface area contributed by atoms with Gasteiger partial charge < -0.3 is 39.6 Å². The van der Waals surface area contributed by atoms with Gasteiger partial charge in [0.1, 0.15) is 12.2 Å². The Morgan fingerprint density at radius 1 is 0.855 bits per heavy atom. The van der Waals surface area contributed by atoms with Gasteiger partial charge in [-0.1, -0.05) is 92.7 Å². The quantitative estimate of drug-likeness (QED) is 0.0914. The number of ketones is 2. The number of carbonyl (C=O) groups is 6. The summed E-state index contributed by atoms with van der Waals surface area (Å²) in [6.07, 6.45) is -8.61. The topological polar surface area (TPSA) is 212 Å². The van der Waals surface area contributed by atoms with Crippen molar-refractivity contribution in [2.45, 2.75) is 109 Å². The van der Waals surface area contributed by atoms with Gasteiger partial charge in [-0.25, -0.2) is 4.79 Å². The number of nitrogens with one attached hydrogen (secondary N) is 1. The molecule has 14 heteroatoms. The molecule has 328 valence electrons. The van der Waals surface area contributed by atoms with Gasteiger partial charge in [-0.15, -0.1) is 0 Å². The molecular weight excluding hydrogens is 799 g/mol. The van der Waals surface area contributed by atoms with Crippen molar-refractivity contribution < 1.29 is 63.0 Å². The number of benzene rings is 3. The Kier molecular flexibility index (Phi) is 11.9. The summed E-state index contributed by atoms with van der Waals surface area (Å²) in [5.41, 5.74) is -6.03. The second-order valence-electron chi connectivity index (χ2n) is 17.8. The molecule has 62 heavy (non-hydrogen) atoms. The number of amides is 1. The highest BCUT2D eigenvalue weighted by Crippen LogP contribution is 2.66. The minimum Gasteiger partial charge on any atom is -0.456 e. The van der Waals surface area contributed by atoms with Crippen LogP contribution in [0.5, 0.6) is 0 Å². The largest absolute Gasteiger partial charge is 0.456 e. The molecule has 3 fully saturated rings. The molecule has 0 spiro atoms. The number of esters is 3. The summed E-state index contributed by atoms with van der Waals surface area (Å²) in [5, 5.41) is 40.5. The van der Waals surface area contributed by atoms with Crippen LogP contribution in [0.3, 0.4) is 0 Å². The van der Waals surface area contributed by atoms with Crippen LogP contribution >= 0.6 is 0 Å². The van der Waals surface area contributed by atoms with E-state index >= 15 is 4.79 Å². The number of ether oxygens (including phenoxy) is 4. The van der Waals surface area contributed by atoms with Gasteiger partial charge in [0.2, 0.25) is 0 Å². The van der Waals surface area contributed by atoms with Crippen LogP contribution in [0, 0.1) is 22.7 Å². The highest BCUT2D eigenvalue weighted by atomic mass is 16.6. The molecule has 11 atom stereocenters. The van der Waals surface area contributed by atoms with E-state index < -0.39 is 119 Å². The molecule has 1 heterocycles. The number of hydrogen-bond donors (Lipinski definition) is 4. The SMILES string of the molecule is CC(=O)O[C@H]1C(=O)[C@@]2(C)[C@H]([C@H](CC(=O)c3ccccc3)[C@]3(O)C[C@H](OC(=O)[C@H](O)[C@@H](NC(=O)c4ccccc4)c4ccccc4)C(C)=C1C3(C)C)[C@]1(OC(C)=O)CO[C@@H]1C[C@@H]2O. The van der Waals surface area contributed by atoms with E-state index in [0.29, 0.717) is 11.1 Å². The fourth-order valence-electron chi connectivity index (χ4n) is 10.8. The van der Waals surface area contributed by atoms with Crippen molar-refractivity contribution in [1.82, 2.24) is 5.32 Å². The average molecular weight is 852 g/mol. The number of carbonyl (C=O) groups excluding carboxylic acids is 6. The molecule has 2 saturated carbocycles. The number of aliphatic hydroxyl groups is 3. The second-order valence-corrected chi connectivity index (χ2v) is 17.8. The van der Waals surface area contributed by atoms with Gasteiger partial charge in [-0.05, 0) is 42.7 Å².